The lowest BCUT2D eigenvalue weighted by Crippen LogP contribution is -2.41. The molecule has 0 bridgehead atoms. The molecule has 20 heavy (non-hydrogen) atoms. The van der Waals surface area contributed by atoms with Crippen LogP contribution in [0.25, 0.3) is 0 Å². The van der Waals surface area contributed by atoms with E-state index in [-0.39, 0.29) is 0 Å². The summed E-state index contributed by atoms with van der Waals surface area (Å²) in [5.41, 5.74) is 0. The van der Waals surface area contributed by atoms with Crippen LogP contribution in [0.2, 0.25) is 36.3 Å². The van der Waals surface area contributed by atoms with E-state index in [9.17, 15) is 0 Å². The molecule has 0 unspecified atom stereocenters. The molecule has 0 fully saturated rings. The van der Waals surface area contributed by atoms with Gasteiger partial charge in [-0.05, 0) is 49.1 Å². The number of unbranched alkanes of at least 4 members (excludes halogenated alkanes) is 1. The molecule has 0 spiro atoms. The van der Waals surface area contributed by atoms with Crippen molar-refractivity contribution < 1.29 is 8.85 Å². The van der Waals surface area contributed by atoms with Crippen LogP contribution in [-0.2, 0) is 8.85 Å². The van der Waals surface area contributed by atoms with Gasteiger partial charge in [-0.25, -0.2) is 0 Å². The molecule has 0 saturated heterocycles. The first-order valence-electron chi connectivity index (χ1n) is 7.99. The van der Waals surface area contributed by atoms with Crippen LogP contribution in [0.15, 0.2) is 0 Å². The molecule has 0 heterocycles. The van der Waals surface area contributed by atoms with Gasteiger partial charge in [-0.1, -0.05) is 41.5 Å². The smallest absolute Gasteiger partial charge is 0.191 e. The topological polar surface area (TPSA) is 18.5 Å². The minimum atomic E-state index is -1.56. The SMILES string of the molecule is CC(C)(C)[Si](C)(C)OCCCCO[Si](C)(C)C(C)(C)C. The summed E-state index contributed by atoms with van der Waals surface area (Å²) in [4.78, 5) is 0. The fourth-order valence-corrected chi connectivity index (χ4v) is 3.47. The molecule has 0 aliphatic carbocycles. The van der Waals surface area contributed by atoms with Crippen LogP contribution in [0.5, 0.6) is 0 Å². The van der Waals surface area contributed by atoms with Gasteiger partial charge >= 0.3 is 0 Å². The molecule has 0 aromatic heterocycles. The summed E-state index contributed by atoms with van der Waals surface area (Å²) >= 11 is 0. The molecule has 0 amide bonds. The van der Waals surface area contributed by atoms with Crippen LogP contribution in [0.1, 0.15) is 54.4 Å². The third-order valence-corrected chi connectivity index (χ3v) is 14.2. The van der Waals surface area contributed by atoms with Gasteiger partial charge in [-0.3, -0.25) is 0 Å². The molecule has 2 nitrogen and oxygen atoms in total. The van der Waals surface area contributed by atoms with Gasteiger partial charge in [0.25, 0.3) is 0 Å². The molecule has 0 aromatic carbocycles. The van der Waals surface area contributed by atoms with Crippen molar-refractivity contribution in [3.05, 3.63) is 0 Å². The van der Waals surface area contributed by atoms with Gasteiger partial charge < -0.3 is 8.85 Å². The van der Waals surface area contributed by atoms with Crippen molar-refractivity contribution in [2.24, 2.45) is 0 Å². The second-order valence-corrected chi connectivity index (χ2v) is 18.5. The Bertz CT molecular complexity index is 256. The van der Waals surface area contributed by atoms with Crippen LogP contribution in [0, 0.1) is 0 Å². The van der Waals surface area contributed by atoms with Gasteiger partial charge in [0.15, 0.2) is 16.6 Å². The summed E-state index contributed by atoms with van der Waals surface area (Å²) in [5, 5.41) is 0.620. The van der Waals surface area contributed by atoms with E-state index in [1.165, 1.54) is 0 Å². The first-order valence-corrected chi connectivity index (χ1v) is 13.8. The van der Waals surface area contributed by atoms with Gasteiger partial charge in [-0.15, -0.1) is 0 Å². The summed E-state index contributed by atoms with van der Waals surface area (Å²) in [6.07, 6.45) is 2.22. The number of rotatable bonds is 7. The Morgan fingerprint density at radius 2 is 0.850 bits per heavy atom. The molecular formula is C16H38O2Si2. The van der Waals surface area contributed by atoms with E-state index in [0.717, 1.165) is 26.1 Å². The molecular weight excluding hydrogens is 280 g/mol. The summed E-state index contributed by atoms with van der Waals surface area (Å²) in [5.74, 6) is 0. The van der Waals surface area contributed by atoms with E-state index >= 15 is 0 Å². The third kappa shape index (κ3) is 6.41. The highest BCUT2D eigenvalue weighted by Gasteiger charge is 2.37. The maximum atomic E-state index is 6.19. The molecule has 0 aromatic rings. The molecule has 0 atom stereocenters. The predicted octanol–water partition coefficient (Wildman–Crippen LogP) is 5.81. The Kier molecular flexibility index (Phi) is 7.20. The highest BCUT2D eigenvalue weighted by molar-refractivity contribution is 6.74. The minimum Gasteiger partial charge on any atom is -0.417 e. The van der Waals surface area contributed by atoms with E-state index in [0.29, 0.717) is 10.1 Å². The largest absolute Gasteiger partial charge is 0.417 e. The standard InChI is InChI=1S/C16H38O2Si2/c1-15(2,3)19(7,8)17-13-11-12-14-18-20(9,10)16(4,5)6/h11-14H2,1-10H3. The molecule has 0 saturated carbocycles. The first kappa shape index (κ1) is 20.4. The van der Waals surface area contributed by atoms with E-state index in [1.807, 2.05) is 0 Å². The van der Waals surface area contributed by atoms with Crippen molar-refractivity contribution >= 4 is 16.6 Å². The zero-order valence-corrected chi connectivity index (χ0v) is 17.6. The highest BCUT2D eigenvalue weighted by atomic mass is 28.4. The van der Waals surface area contributed by atoms with Crippen molar-refractivity contribution in [2.45, 2.75) is 90.6 Å². The Morgan fingerprint density at radius 3 is 1.05 bits per heavy atom. The average molecular weight is 319 g/mol. The van der Waals surface area contributed by atoms with Crippen LogP contribution >= 0.6 is 0 Å². The van der Waals surface area contributed by atoms with Crippen molar-refractivity contribution in [2.75, 3.05) is 13.2 Å². The van der Waals surface area contributed by atoms with Gasteiger partial charge in [0, 0.05) is 13.2 Å². The zero-order chi connectivity index (χ0) is 16.2. The Labute approximate surface area is 129 Å². The lowest BCUT2D eigenvalue weighted by molar-refractivity contribution is 0.242. The van der Waals surface area contributed by atoms with E-state index in [2.05, 4.69) is 67.7 Å². The molecule has 4 heteroatoms. The van der Waals surface area contributed by atoms with Gasteiger partial charge in [0.05, 0.1) is 0 Å². The van der Waals surface area contributed by atoms with Gasteiger partial charge in [0.2, 0.25) is 0 Å². The minimum absolute atomic E-state index is 0.310. The fraction of sp³-hybridized carbons (Fsp3) is 1.00. The van der Waals surface area contributed by atoms with E-state index < -0.39 is 16.6 Å². The summed E-state index contributed by atoms with van der Waals surface area (Å²) in [6.45, 7) is 24.8. The van der Waals surface area contributed by atoms with Crippen LogP contribution in [0.4, 0.5) is 0 Å². The quantitative estimate of drug-likeness (QED) is 0.435. The van der Waals surface area contributed by atoms with Crippen LogP contribution in [0.3, 0.4) is 0 Å². The van der Waals surface area contributed by atoms with Crippen molar-refractivity contribution in [3.8, 4) is 0 Å². The normalized spacial score (nSPS) is 14.7. The second-order valence-electron chi connectivity index (χ2n) is 8.92. The lowest BCUT2D eigenvalue weighted by atomic mass is 10.2. The molecule has 0 rings (SSSR count). The summed E-state index contributed by atoms with van der Waals surface area (Å²) in [6, 6.07) is 0. The average Bonchev–Trinajstić information content (AvgIpc) is 2.19. The molecule has 0 radical (unpaired) electrons. The maximum absolute atomic E-state index is 6.19. The van der Waals surface area contributed by atoms with Crippen molar-refractivity contribution in [3.63, 3.8) is 0 Å². The van der Waals surface area contributed by atoms with Crippen molar-refractivity contribution in [1.29, 1.82) is 0 Å². The second kappa shape index (κ2) is 7.08. The Morgan fingerprint density at radius 1 is 0.600 bits per heavy atom. The molecule has 0 aliphatic rings. The maximum Gasteiger partial charge on any atom is 0.191 e. The lowest BCUT2D eigenvalue weighted by Gasteiger charge is -2.37. The summed E-state index contributed by atoms with van der Waals surface area (Å²) in [7, 11) is -3.13. The van der Waals surface area contributed by atoms with Crippen LogP contribution < -0.4 is 0 Å². The van der Waals surface area contributed by atoms with Crippen molar-refractivity contribution in [1.82, 2.24) is 0 Å². The Hall–Kier alpha value is 0.354. The fourth-order valence-electron chi connectivity index (χ4n) is 1.29. The molecule has 0 N–H and O–H groups in total. The predicted molar refractivity (Wildman–Crippen MR) is 95.5 cm³/mol. The highest BCUT2D eigenvalue weighted by Crippen LogP contribution is 2.37. The van der Waals surface area contributed by atoms with Gasteiger partial charge in [0.1, 0.15) is 0 Å². The van der Waals surface area contributed by atoms with E-state index in [1.54, 1.807) is 0 Å². The zero-order valence-electron chi connectivity index (χ0n) is 15.6. The number of hydrogen-bond acceptors (Lipinski definition) is 2. The Balaban J connectivity index is 3.91. The van der Waals surface area contributed by atoms with Crippen LogP contribution in [-0.4, -0.2) is 29.8 Å². The van der Waals surface area contributed by atoms with Gasteiger partial charge in [-0.2, -0.15) is 0 Å². The third-order valence-electron chi connectivity index (χ3n) is 5.08. The molecule has 122 valence electrons. The number of hydrogen-bond donors (Lipinski definition) is 0. The van der Waals surface area contributed by atoms with E-state index in [4.69, 9.17) is 8.85 Å². The first-order chi connectivity index (χ1) is 8.71. The monoisotopic (exact) mass is 318 g/mol. The summed E-state index contributed by atoms with van der Waals surface area (Å²) < 4.78 is 12.4. The molecule has 0 aliphatic heterocycles.